The molecule has 0 unspecified atom stereocenters. The fourth-order valence-corrected chi connectivity index (χ4v) is 4.55. The van der Waals surface area contributed by atoms with Gasteiger partial charge < -0.3 is 10.2 Å². The first-order valence-corrected chi connectivity index (χ1v) is 10.9. The van der Waals surface area contributed by atoms with Crippen molar-refractivity contribution in [2.24, 2.45) is 0 Å². The van der Waals surface area contributed by atoms with Crippen molar-refractivity contribution in [1.29, 1.82) is 0 Å². The normalized spacial score (nSPS) is 10.7. The van der Waals surface area contributed by atoms with Crippen LogP contribution in [0.1, 0.15) is 15.9 Å². The topological polar surface area (TPSA) is 57.5 Å². The van der Waals surface area contributed by atoms with Crippen molar-refractivity contribution >= 4 is 29.3 Å². The van der Waals surface area contributed by atoms with Crippen molar-refractivity contribution in [3.63, 3.8) is 0 Å². The third kappa shape index (κ3) is 4.70. The largest absolute Gasteiger partial charge is 0.507 e. The van der Waals surface area contributed by atoms with Crippen LogP contribution in [0, 0.1) is 0 Å². The molecule has 0 atom stereocenters. The summed E-state index contributed by atoms with van der Waals surface area (Å²) in [6.45, 7) is 0. The number of carbonyl (C=O) groups is 1. The Hall–Kier alpha value is -3.15. The molecule has 0 heterocycles. The zero-order valence-corrected chi connectivity index (χ0v) is 17.5. The van der Waals surface area contributed by atoms with Crippen molar-refractivity contribution < 1.29 is 15.0 Å². The van der Waals surface area contributed by atoms with Gasteiger partial charge in [-0.2, -0.15) is 0 Å². The molecule has 0 saturated heterocycles. The van der Waals surface area contributed by atoms with E-state index in [-0.39, 0.29) is 17.3 Å². The van der Waals surface area contributed by atoms with Gasteiger partial charge in [-0.3, -0.25) is 4.79 Å². The number of benzene rings is 4. The highest BCUT2D eigenvalue weighted by atomic mass is 32.2. The Kier molecular flexibility index (Phi) is 6.12. The van der Waals surface area contributed by atoms with Gasteiger partial charge in [0.2, 0.25) is 0 Å². The first kappa shape index (κ1) is 20.1. The molecule has 4 aromatic carbocycles. The van der Waals surface area contributed by atoms with Crippen molar-refractivity contribution in [3.05, 3.63) is 108 Å². The van der Waals surface area contributed by atoms with Crippen molar-refractivity contribution in [3.8, 4) is 11.5 Å². The first-order chi connectivity index (χ1) is 14.6. The van der Waals surface area contributed by atoms with Gasteiger partial charge in [-0.1, -0.05) is 47.8 Å². The molecule has 4 rings (SSSR count). The van der Waals surface area contributed by atoms with Crippen molar-refractivity contribution in [2.45, 2.75) is 19.6 Å². The third-order valence-electron chi connectivity index (χ3n) is 4.42. The molecule has 0 spiro atoms. The smallest absolute Gasteiger partial charge is 0.193 e. The minimum absolute atomic E-state index is 0.0479. The summed E-state index contributed by atoms with van der Waals surface area (Å²) in [5.41, 5.74) is 1.22. The Morgan fingerprint density at radius 1 is 0.533 bits per heavy atom. The van der Waals surface area contributed by atoms with Crippen LogP contribution < -0.4 is 0 Å². The maximum absolute atomic E-state index is 12.8. The lowest BCUT2D eigenvalue weighted by Crippen LogP contribution is -2.00. The van der Waals surface area contributed by atoms with E-state index in [1.165, 1.54) is 23.5 Å². The lowest BCUT2D eigenvalue weighted by molar-refractivity contribution is 0.103. The number of hydrogen-bond acceptors (Lipinski definition) is 5. The molecule has 0 bridgehead atoms. The summed E-state index contributed by atoms with van der Waals surface area (Å²) < 4.78 is 0. The van der Waals surface area contributed by atoms with Crippen LogP contribution in [0.3, 0.4) is 0 Å². The monoisotopic (exact) mass is 430 g/mol. The summed E-state index contributed by atoms with van der Waals surface area (Å²) in [5.74, 6) is 0.432. The standard InChI is InChI=1S/C25H18O3S2/c26-21-5-1-3-7-23(21)29-19-13-9-17(10-14-19)25(28)18-11-15-20(16-12-18)30-24-8-4-2-6-22(24)27/h1-16,26-27H. The van der Waals surface area contributed by atoms with Crippen LogP contribution in [-0.2, 0) is 0 Å². The Balaban J connectivity index is 1.45. The molecule has 0 aliphatic carbocycles. The number of aromatic hydroxyl groups is 2. The highest BCUT2D eigenvalue weighted by molar-refractivity contribution is 7.99. The molecule has 4 aromatic rings. The van der Waals surface area contributed by atoms with E-state index in [4.69, 9.17) is 0 Å². The van der Waals surface area contributed by atoms with Gasteiger partial charge in [0, 0.05) is 20.9 Å². The zero-order chi connectivity index (χ0) is 20.9. The third-order valence-corrected chi connectivity index (χ3v) is 6.57. The number of para-hydroxylation sites is 2. The van der Waals surface area contributed by atoms with Crippen LogP contribution in [0.5, 0.6) is 11.5 Å². The maximum atomic E-state index is 12.8. The summed E-state index contributed by atoms with van der Waals surface area (Å²) >= 11 is 2.90. The summed E-state index contributed by atoms with van der Waals surface area (Å²) in [6.07, 6.45) is 0. The lowest BCUT2D eigenvalue weighted by Gasteiger charge is -2.07. The van der Waals surface area contributed by atoms with Crippen LogP contribution in [-0.4, -0.2) is 16.0 Å². The van der Waals surface area contributed by atoms with Crippen LogP contribution in [0.4, 0.5) is 0 Å². The molecule has 0 saturated carbocycles. The average Bonchev–Trinajstić information content (AvgIpc) is 2.77. The quantitative estimate of drug-likeness (QED) is 0.336. The predicted octanol–water partition coefficient (Wildman–Crippen LogP) is 6.63. The highest BCUT2D eigenvalue weighted by Gasteiger charge is 2.11. The highest BCUT2D eigenvalue weighted by Crippen LogP contribution is 2.35. The van der Waals surface area contributed by atoms with Crippen molar-refractivity contribution in [2.75, 3.05) is 0 Å². The minimum atomic E-state index is -0.0479. The molecule has 0 radical (unpaired) electrons. The van der Waals surface area contributed by atoms with Gasteiger partial charge >= 0.3 is 0 Å². The Bertz CT molecular complexity index is 1080. The Morgan fingerprint density at radius 3 is 1.27 bits per heavy atom. The second-order valence-electron chi connectivity index (χ2n) is 6.52. The second kappa shape index (κ2) is 9.11. The predicted molar refractivity (Wildman–Crippen MR) is 121 cm³/mol. The van der Waals surface area contributed by atoms with E-state index in [0.29, 0.717) is 11.1 Å². The van der Waals surface area contributed by atoms with Gasteiger partial charge in [-0.15, -0.1) is 0 Å². The van der Waals surface area contributed by atoms with E-state index in [9.17, 15) is 15.0 Å². The van der Waals surface area contributed by atoms with E-state index < -0.39 is 0 Å². The Labute approximate surface area is 183 Å². The number of ketones is 1. The minimum Gasteiger partial charge on any atom is -0.507 e. The molecular weight excluding hydrogens is 412 g/mol. The molecule has 0 aliphatic rings. The van der Waals surface area contributed by atoms with Crippen molar-refractivity contribution in [1.82, 2.24) is 0 Å². The van der Waals surface area contributed by atoms with Gasteiger partial charge in [0.15, 0.2) is 5.78 Å². The van der Waals surface area contributed by atoms with Gasteiger partial charge in [-0.25, -0.2) is 0 Å². The maximum Gasteiger partial charge on any atom is 0.193 e. The molecule has 2 N–H and O–H groups in total. The van der Waals surface area contributed by atoms with Gasteiger partial charge in [-0.05, 0) is 72.8 Å². The van der Waals surface area contributed by atoms with Crippen LogP contribution in [0.15, 0.2) is 117 Å². The zero-order valence-electron chi connectivity index (χ0n) is 15.9. The fourth-order valence-electron chi connectivity index (χ4n) is 2.86. The van der Waals surface area contributed by atoms with Gasteiger partial charge in [0.25, 0.3) is 0 Å². The van der Waals surface area contributed by atoms with E-state index in [2.05, 4.69) is 0 Å². The van der Waals surface area contributed by atoms with Crippen LogP contribution >= 0.6 is 23.5 Å². The molecule has 0 aromatic heterocycles. The molecule has 30 heavy (non-hydrogen) atoms. The molecule has 148 valence electrons. The number of phenols is 2. The molecule has 0 fully saturated rings. The average molecular weight is 431 g/mol. The second-order valence-corrected chi connectivity index (χ2v) is 8.75. The summed E-state index contributed by atoms with van der Waals surface area (Å²) in [4.78, 5) is 16.2. The van der Waals surface area contributed by atoms with Gasteiger partial charge in [0.1, 0.15) is 11.5 Å². The lowest BCUT2D eigenvalue weighted by atomic mass is 10.0. The van der Waals surface area contributed by atoms with Crippen LogP contribution in [0.25, 0.3) is 0 Å². The van der Waals surface area contributed by atoms with Crippen LogP contribution in [0.2, 0.25) is 0 Å². The fraction of sp³-hybridized carbons (Fsp3) is 0. The van der Waals surface area contributed by atoms with E-state index in [1.54, 1.807) is 48.5 Å². The SMILES string of the molecule is O=C(c1ccc(Sc2ccccc2O)cc1)c1ccc(Sc2ccccc2O)cc1. The summed E-state index contributed by atoms with van der Waals surface area (Å²) in [6, 6.07) is 29.1. The van der Waals surface area contributed by atoms with E-state index >= 15 is 0 Å². The summed E-state index contributed by atoms with van der Waals surface area (Å²) in [5, 5.41) is 19.8. The number of carbonyl (C=O) groups excluding carboxylic acids is 1. The molecule has 0 amide bonds. The molecule has 3 nitrogen and oxygen atoms in total. The molecular formula is C25H18O3S2. The first-order valence-electron chi connectivity index (χ1n) is 9.27. The summed E-state index contributed by atoms with van der Waals surface area (Å²) in [7, 11) is 0. The molecule has 5 heteroatoms. The number of hydrogen-bond donors (Lipinski definition) is 2. The van der Waals surface area contributed by atoms with E-state index in [0.717, 1.165) is 19.6 Å². The number of phenolic OH excluding ortho intramolecular Hbond substituents is 2. The Morgan fingerprint density at radius 2 is 0.900 bits per heavy atom. The number of rotatable bonds is 6. The van der Waals surface area contributed by atoms with Gasteiger partial charge in [0.05, 0.1) is 9.79 Å². The van der Waals surface area contributed by atoms with E-state index in [1.807, 2.05) is 48.5 Å². The molecule has 0 aliphatic heterocycles.